The lowest BCUT2D eigenvalue weighted by atomic mass is 10.1. The second kappa shape index (κ2) is 7.42. The number of aliphatic carboxylic acids is 1. The molecule has 0 atom stereocenters. The molecule has 2 rings (SSSR count). The van der Waals surface area contributed by atoms with Crippen LogP contribution in [-0.2, 0) is 9.53 Å². The summed E-state index contributed by atoms with van der Waals surface area (Å²) in [5.74, 6) is -1.38. The van der Waals surface area contributed by atoms with Crippen LogP contribution in [0.2, 0.25) is 0 Å². The van der Waals surface area contributed by atoms with Crippen molar-refractivity contribution in [3.05, 3.63) is 54.4 Å². The van der Waals surface area contributed by atoms with Gasteiger partial charge in [0.15, 0.2) is 0 Å². The van der Waals surface area contributed by atoms with Gasteiger partial charge in [-0.2, -0.15) is 0 Å². The van der Waals surface area contributed by atoms with Crippen LogP contribution in [0, 0.1) is 0 Å². The van der Waals surface area contributed by atoms with Crippen molar-refractivity contribution in [2.45, 2.75) is 0 Å². The zero-order valence-corrected chi connectivity index (χ0v) is 12.3. The van der Waals surface area contributed by atoms with Crippen LogP contribution in [0.25, 0.3) is 5.69 Å². The first kappa shape index (κ1) is 15.8. The maximum Gasteiger partial charge on any atom is 0.323 e. The molecular formula is C16H18N2O4. The molecule has 0 saturated heterocycles. The molecule has 1 N–H and O–H groups in total. The number of rotatable bonds is 7. The van der Waals surface area contributed by atoms with Crippen molar-refractivity contribution < 1.29 is 19.4 Å². The maximum atomic E-state index is 12.5. The first-order valence-electron chi connectivity index (χ1n) is 6.85. The summed E-state index contributed by atoms with van der Waals surface area (Å²) in [6.07, 6.45) is 3.76. The molecule has 22 heavy (non-hydrogen) atoms. The molecule has 0 aliphatic rings. The second-order valence-electron chi connectivity index (χ2n) is 4.75. The Bertz CT molecular complexity index is 637. The topological polar surface area (TPSA) is 71.8 Å². The van der Waals surface area contributed by atoms with Crippen LogP contribution in [0.1, 0.15) is 10.4 Å². The lowest BCUT2D eigenvalue weighted by molar-refractivity contribution is -0.137. The number of carbonyl (C=O) groups is 2. The van der Waals surface area contributed by atoms with E-state index in [1.54, 1.807) is 18.2 Å². The Kier molecular flexibility index (Phi) is 5.32. The van der Waals surface area contributed by atoms with E-state index in [0.29, 0.717) is 5.56 Å². The second-order valence-corrected chi connectivity index (χ2v) is 4.75. The third-order valence-corrected chi connectivity index (χ3v) is 3.17. The highest BCUT2D eigenvalue weighted by molar-refractivity contribution is 5.96. The van der Waals surface area contributed by atoms with E-state index in [-0.39, 0.29) is 25.6 Å². The van der Waals surface area contributed by atoms with Crippen molar-refractivity contribution in [3.8, 4) is 5.69 Å². The van der Waals surface area contributed by atoms with Crippen LogP contribution in [0.5, 0.6) is 0 Å². The Morgan fingerprint density at radius 2 is 1.95 bits per heavy atom. The number of aromatic nitrogens is 1. The first-order valence-corrected chi connectivity index (χ1v) is 6.85. The van der Waals surface area contributed by atoms with Gasteiger partial charge in [-0.15, -0.1) is 0 Å². The fraction of sp³-hybridized carbons (Fsp3) is 0.250. The number of carboxylic acids is 1. The van der Waals surface area contributed by atoms with E-state index in [4.69, 9.17) is 9.84 Å². The lowest BCUT2D eigenvalue weighted by Crippen LogP contribution is -2.38. The Labute approximate surface area is 128 Å². The summed E-state index contributed by atoms with van der Waals surface area (Å²) in [6.45, 7) is 0.168. The number of benzene rings is 1. The van der Waals surface area contributed by atoms with Crippen molar-refractivity contribution in [3.63, 3.8) is 0 Å². The monoisotopic (exact) mass is 302 g/mol. The number of carbonyl (C=O) groups excluding carboxylic acids is 1. The quantitative estimate of drug-likeness (QED) is 0.844. The van der Waals surface area contributed by atoms with Gasteiger partial charge >= 0.3 is 5.97 Å². The van der Waals surface area contributed by atoms with Crippen LogP contribution in [0.15, 0.2) is 48.8 Å². The van der Waals surface area contributed by atoms with Crippen LogP contribution in [-0.4, -0.2) is 53.3 Å². The third-order valence-electron chi connectivity index (χ3n) is 3.17. The molecule has 0 bridgehead atoms. The Morgan fingerprint density at radius 1 is 1.23 bits per heavy atom. The minimum absolute atomic E-state index is 0.232. The molecule has 1 amide bonds. The number of ether oxygens (including phenoxy) is 1. The van der Waals surface area contributed by atoms with Crippen LogP contribution in [0.3, 0.4) is 0 Å². The number of carboxylic acid groups (broad SMARTS) is 1. The van der Waals surface area contributed by atoms with Gasteiger partial charge in [-0.05, 0) is 30.3 Å². The molecule has 2 aromatic rings. The van der Waals surface area contributed by atoms with E-state index in [1.807, 2.05) is 35.2 Å². The normalized spacial score (nSPS) is 10.4. The molecule has 0 aliphatic heterocycles. The van der Waals surface area contributed by atoms with Crippen molar-refractivity contribution in [2.75, 3.05) is 26.8 Å². The van der Waals surface area contributed by atoms with Crippen molar-refractivity contribution in [1.82, 2.24) is 9.47 Å². The number of methoxy groups -OCH3 is 1. The highest BCUT2D eigenvalue weighted by atomic mass is 16.5. The van der Waals surface area contributed by atoms with Gasteiger partial charge in [0, 0.05) is 37.3 Å². The maximum absolute atomic E-state index is 12.5. The molecule has 0 fully saturated rings. The number of nitrogens with zero attached hydrogens (tertiary/aromatic N) is 2. The van der Waals surface area contributed by atoms with Gasteiger partial charge in [-0.3, -0.25) is 9.59 Å². The highest BCUT2D eigenvalue weighted by Crippen LogP contribution is 2.13. The average molecular weight is 302 g/mol. The van der Waals surface area contributed by atoms with E-state index in [2.05, 4.69) is 0 Å². The molecule has 0 spiro atoms. The van der Waals surface area contributed by atoms with Gasteiger partial charge in [0.1, 0.15) is 6.54 Å². The van der Waals surface area contributed by atoms with Gasteiger partial charge in [0.05, 0.1) is 6.61 Å². The molecule has 0 aliphatic carbocycles. The molecule has 0 unspecified atom stereocenters. The van der Waals surface area contributed by atoms with Crippen LogP contribution in [0.4, 0.5) is 0 Å². The van der Waals surface area contributed by atoms with Gasteiger partial charge in [-0.1, -0.05) is 6.07 Å². The Balaban J connectivity index is 2.22. The molecule has 6 nitrogen and oxygen atoms in total. The van der Waals surface area contributed by atoms with Gasteiger partial charge < -0.3 is 19.3 Å². The highest BCUT2D eigenvalue weighted by Gasteiger charge is 2.18. The molecule has 1 heterocycles. The van der Waals surface area contributed by atoms with E-state index in [0.717, 1.165) is 5.69 Å². The fourth-order valence-corrected chi connectivity index (χ4v) is 2.11. The zero-order chi connectivity index (χ0) is 15.9. The predicted molar refractivity (Wildman–Crippen MR) is 81.2 cm³/mol. The molecule has 116 valence electrons. The fourth-order valence-electron chi connectivity index (χ4n) is 2.11. The molecule has 6 heteroatoms. The largest absolute Gasteiger partial charge is 0.480 e. The van der Waals surface area contributed by atoms with Gasteiger partial charge in [0.2, 0.25) is 0 Å². The van der Waals surface area contributed by atoms with Crippen LogP contribution < -0.4 is 0 Å². The number of amides is 1. The standard InChI is InChI=1S/C16H18N2O4/c1-22-10-9-18(12-15(19)20)16(21)13-5-4-6-14(11-13)17-7-2-3-8-17/h2-8,11H,9-10,12H2,1H3,(H,19,20). The van der Waals surface area contributed by atoms with E-state index < -0.39 is 5.97 Å². The zero-order valence-electron chi connectivity index (χ0n) is 12.3. The van der Waals surface area contributed by atoms with Crippen molar-refractivity contribution in [2.24, 2.45) is 0 Å². The van der Waals surface area contributed by atoms with Crippen molar-refractivity contribution >= 4 is 11.9 Å². The Hall–Kier alpha value is -2.60. The lowest BCUT2D eigenvalue weighted by Gasteiger charge is -2.20. The molecule has 0 saturated carbocycles. The predicted octanol–water partition coefficient (Wildman–Crippen LogP) is 1.65. The van der Waals surface area contributed by atoms with E-state index in [9.17, 15) is 9.59 Å². The SMILES string of the molecule is COCCN(CC(=O)O)C(=O)c1cccc(-n2cccc2)c1. The van der Waals surface area contributed by atoms with Gasteiger partial charge in [0.25, 0.3) is 5.91 Å². The molecule has 1 aromatic carbocycles. The smallest absolute Gasteiger partial charge is 0.323 e. The average Bonchev–Trinajstić information content (AvgIpc) is 3.05. The summed E-state index contributed by atoms with van der Waals surface area (Å²) in [7, 11) is 1.51. The summed E-state index contributed by atoms with van der Waals surface area (Å²) in [6, 6.07) is 10.9. The molecule has 1 aromatic heterocycles. The van der Waals surface area contributed by atoms with E-state index in [1.165, 1.54) is 12.0 Å². The minimum atomic E-state index is -1.05. The van der Waals surface area contributed by atoms with Crippen molar-refractivity contribution in [1.29, 1.82) is 0 Å². The number of hydrogen-bond donors (Lipinski definition) is 1. The Morgan fingerprint density at radius 3 is 2.59 bits per heavy atom. The summed E-state index contributed by atoms with van der Waals surface area (Å²) < 4.78 is 6.81. The third kappa shape index (κ3) is 3.95. The first-order chi connectivity index (χ1) is 10.6. The van der Waals surface area contributed by atoms with E-state index >= 15 is 0 Å². The summed E-state index contributed by atoms with van der Waals surface area (Å²) in [4.78, 5) is 24.7. The summed E-state index contributed by atoms with van der Waals surface area (Å²) in [5, 5.41) is 8.95. The minimum Gasteiger partial charge on any atom is -0.480 e. The summed E-state index contributed by atoms with van der Waals surface area (Å²) >= 11 is 0. The number of hydrogen-bond acceptors (Lipinski definition) is 3. The summed E-state index contributed by atoms with van der Waals surface area (Å²) in [5.41, 5.74) is 1.29. The molecular weight excluding hydrogens is 284 g/mol. The van der Waals surface area contributed by atoms with Gasteiger partial charge in [-0.25, -0.2) is 0 Å². The van der Waals surface area contributed by atoms with Crippen LogP contribution >= 0.6 is 0 Å². The molecule has 0 radical (unpaired) electrons.